The minimum Gasteiger partial charge on any atom is -0.367 e. The minimum absolute atomic E-state index is 0.0432. The van der Waals surface area contributed by atoms with Gasteiger partial charge in [-0.1, -0.05) is 26.0 Å². The van der Waals surface area contributed by atoms with Crippen molar-refractivity contribution in [3.05, 3.63) is 78.3 Å². The Bertz CT molecular complexity index is 1650. The minimum atomic E-state index is -0.358. The number of nitrogens with zero attached hydrogens (tertiary/aromatic N) is 6. The average Bonchev–Trinajstić information content (AvgIpc) is 3.68. The summed E-state index contributed by atoms with van der Waals surface area (Å²) in [5.74, 6) is 0.388. The molecule has 11 heteroatoms. The number of aromatic amines is 1. The number of hydrogen-bond acceptors (Lipinski definition) is 6. The van der Waals surface area contributed by atoms with E-state index in [1.54, 1.807) is 35.4 Å². The van der Waals surface area contributed by atoms with Crippen LogP contribution in [-0.2, 0) is 4.79 Å². The zero-order chi connectivity index (χ0) is 29.6. The van der Waals surface area contributed by atoms with Gasteiger partial charge in [-0.2, -0.15) is 5.10 Å². The van der Waals surface area contributed by atoms with E-state index in [9.17, 15) is 9.18 Å². The number of hydrogen-bond donors (Lipinski definition) is 2. The number of aromatic nitrogens is 6. The molecule has 6 rings (SSSR count). The number of pyridine rings is 1. The highest BCUT2D eigenvalue weighted by Gasteiger charge is 2.31. The molecule has 9 nitrogen and oxygen atoms in total. The van der Waals surface area contributed by atoms with Crippen molar-refractivity contribution >= 4 is 23.1 Å². The molecular weight excluding hydrogens is 538 g/mol. The van der Waals surface area contributed by atoms with Crippen LogP contribution in [0.1, 0.15) is 51.1 Å². The van der Waals surface area contributed by atoms with Crippen LogP contribution in [0.4, 0.5) is 14.5 Å². The Kier molecular flexibility index (Phi) is 8.85. The lowest BCUT2D eigenvalue weighted by Gasteiger charge is -2.37. The highest BCUT2D eigenvalue weighted by atomic mass is 19.1. The Morgan fingerprint density at radius 2 is 1.95 bits per heavy atom. The van der Waals surface area contributed by atoms with Gasteiger partial charge >= 0.3 is 0 Å². The number of halogens is 2. The Morgan fingerprint density at radius 1 is 1.12 bits per heavy atom. The van der Waals surface area contributed by atoms with Gasteiger partial charge in [0.15, 0.2) is 5.82 Å². The highest BCUT2D eigenvalue weighted by Crippen LogP contribution is 2.38. The first kappa shape index (κ1) is 28.8. The van der Waals surface area contributed by atoms with Crippen LogP contribution in [0.2, 0.25) is 0 Å². The molecule has 2 N–H and O–H groups in total. The topological polar surface area (TPSA) is 105 Å². The molecule has 0 aliphatic heterocycles. The maximum absolute atomic E-state index is 15.1. The number of H-pyrrole nitrogens is 1. The number of fused-ring (bicyclic) bond motifs is 1. The first-order valence-electron chi connectivity index (χ1n) is 14.2. The number of anilines is 1. The zero-order valence-corrected chi connectivity index (χ0v) is 23.9. The molecule has 3 aromatic heterocycles. The van der Waals surface area contributed by atoms with Gasteiger partial charge in [-0.25, -0.2) is 18.7 Å². The molecule has 2 atom stereocenters. The van der Waals surface area contributed by atoms with Crippen LogP contribution < -0.4 is 5.32 Å². The number of carbonyl (C=O) groups excluding carboxylic acids is 1. The number of amides is 1. The second kappa shape index (κ2) is 12.9. The van der Waals surface area contributed by atoms with Crippen molar-refractivity contribution < 1.29 is 13.6 Å². The maximum Gasteiger partial charge on any atom is 0.211 e. The van der Waals surface area contributed by atoms with E-state index in [2.05, 4.69) is 30.0 Å². The van der Waals surface area contributed by atoms with Crippen LogP contribution in [0.5, 0.6) is 0 Å². The molecule has 0 bridgehead atoms. The third-order valence-corrected chi connectivity index (χ3v) is 7.58. The number of rotatable bonds is 8. The maximum atomic E-state index is 15.1. The summed E-state index contributed by atoms with van der Waals surface area (Å²) in [5.41, 5.74) is 4.00. The largest absolute Gasteiger partial charge is 0.367 e. The van der Waals surface area contributed by atoms with E-state index in [0.29, 0.717) is 34.8 Å². The quantitative estimate of drug-likeness (QED) is 0.162. The number of carbonyl (C=O) groups is 1. The second-order valence-corrected chi connectivity index (χ2v) is 10.1. The summed E-state index contributed by atoms with van der Waals surface area (Å²) in [6, 6.07) is 12.9. The standard InChI is InChI=1S/C29H28F2N8O.C2H6/c1-18-11-19(30)9-10-24(18)34-16-38(17-40)20-5-4-6-21(12-20)39-27-13-25(28-33-15-35-37-28)32-14-26(27)36-29(39)22-7-2-3-8-23(22)31;1-2/h2-3,7-11,13-15,17,20-21,34H,4-6,12,16H2,1H3,(H,33,35,37);1-2H3. The van der Waals surface area contributed by atoms with E-state index in [-0.39, 0.29) is 30.4 Å². The van der Waals surface area contributed by atoms with Crippen molar-refractivity contribution in [2.75, 3.05) is 12.0 Å². The van der Waals surface area contributed by atoms with E-state index in [0.717, 1.165) is 42.4 Å². The molecule has 1 saturated carbocycles. The fourth-order valence-electron chi connectivity index (χ4n) is 5.59. The molecule has 2 unspecified atom stereocenters. The van der Waals surface area contributed by atoms with Crippen LogP contribution in [0, 0.1) is 18.6 Å². The summed E-state index contributed by atoms with van der Waals surface area (Å²) in [6.07, 6.45) is 7.17. The van der Waals surface area contributed by atoms with Crippen molar-refractivity contribution in [3.63, 3.8) is 0 Å². The molecule has 5 aromatic rings. The highest BCUT2D eigenvalue weighted by molar-refractivity contribution is 5.83. The molecule has 1 amide bonds. The molecular formula is C31H34F2N8O. The van der Waals surface area contributed by atoms with Gasteiger partial charge in [0, 0.05) is 17.8 Å². The summed E-state index contributed by atoms with van der Waals surface area (Å²) in [4.78, 5) is 27.5. The fourth-order valence-corrected chi connectivity index (χ4v) is 5.59. The van der Waals surface area contributed by atoms with Gasteiger partial charge in [0.2, 0.25) is 6.41 Å². The Hall–Kier alpha value is -4.67. The molecule has 0 saturated heterocycles. The molecule has 3 heterocycles. The number of imidazole rings is 1. The second-order valence-electron chi connectivity index (χ2n) is 10.1. The Balaban J connectivity index is 0.00000173. The van der Waals surface area contributed by atoms with Gasteiger partial charge < -0.3 is 14.8 Å². The summed E-state index contributed by atoms with van der Waals surface area (Å²) in [7, 11) is 0. The predicted octanol–water partition coefficient (Wildman–Crippen LogP) is 6.51. The lowest BCUT2D eigenvalue weighted by molar-refractivity contribution is -0.120. The van der Waals surface area contributed by atoms with Crippen LogP contribution >= 0.6 is 0 Å². The first-order chi connectivity index (χ1) is 20.5. The van der Waals surface area contributed by atoms with E-state index >= 15 is 4.39 Å². The number of benzene rings is 2. The van der Waals surface area contributed by atoms with Gasteiger partial charge in [0.05, 0.1) is 23.9 Å². The molecule has 218 valence electrons. The van der Waals surface area contributed by atoms with Crippen LogP contribution in [0.15, 0.2) is 61.1 Å². The van der Waals surface area contributed by atoms with Gasteiger partial charge in [-0.15, -0.1) is 0 Å². The molecule has 1 fully saturated rings. The molecule has 1 aliphatic carbocycles. The fraction of sp³-hybridized carbons (Fsp3) is 0.323. The lowest BCUT2D eigenvalue weighted by Crippen LogP contribution is -2.41. The molecule has 2 aromatic carbocycles. The molecule has 1 aliphatic rings. The SMILES string of the molecule is CC.Cc1cc(F)ccc1NCN(C=O)C1CCCC(n2c(-c3ccccc3F)nc3cnc(-c4ncn[nH]4)cc32)C1. The van der Waals surface area contributed by atoms with E-state index in [4.69, 9.17) is 4.98 Å². The van der Waals surface area contributed by atoms with Gasteiger partial charge in [0.1, 0.15) is 35.0 Å². The molecule has 42 heavy (non-hydrogen) atoms. The van der Waals surface area contributed by atoms with Gasteiger partial charge in [-0.05, 0) is 74.6 Å². The predicted molar refractivity (Wildman–Crippen MR) is 158 cm³/mol. The summed E-state index contributed by atoms with van der Waals surface area (Å²) in [5, 5.41) is 10.0. The third kappa shape index (κ3) is 5.86. The van der Waals surface area contributed by atoms with Gasteiger partial charge in [-0.3, -0.25) is 14.9 Å². The van der Waals surface area contributed by atoms with Crippen molar-refractivity contribution in [1.82, 2.24) is 34.6 Å². The lowest BCUT2D eigenvalue weighted by atomic mass is 9.89. The normalized spacial score (nSPS) is 16.5. The summed E-state index contributed by atoms with van der Waals surface area (Å²) in [6.45, 7) is 6.11. The van der Waals surface area contributed by atoms with Crippen molar-refractivity contribution in [2.45, 2.75) is 58.5 Å². The van der Waals surface area contributed by atoms with E-state index in [1.807, 2.05) is 26.8 Å². The van der Waals surface area contributed by atoms with E-state index in [1.165, 1.54) is 24.5 Å². The van der Waals surface area contributed by atoms with Crippen molar-refractivity contribution in [2.24, 2.45) is 0 Å². The van der Waals surface area contributed by atoms with Crippen LogP contribution in [0.3, 0.4) is 0 Å². The zero-order valence-electron chi connectivity index (χ0n) is 23.9. The van der Waals surface area contributed by atoms with Crippen LogP contribution in [0.25, 0.3) is 33.9 Å². The number of aryl methyl sites for hydroxylation is 1. The summed E-state index contributed by atoms with van der Waals surface area (Å²) < 4.78 is 30.7. The Labute approximate surface area is 243 Å². The smallest absolute Gasteiger partial charge is 0.211 e. The first-order valence-corrected chi connectivity index (χ1v) is 14.2. The summed E-state index contributed by atoms with van der Waals surface area (Å²) >= 11 is 0. The molecule has 0 spiro atoms. The van der Waals surface area contributed by atoms with Crippen molar-refractivity contribution in [1.29, 1.82) is 0 Å². The average molecular weight is 573 g/mol. The monoisotopic (exact) mass is 572 g/mol. The number of nitrogens with one attached hydrogen (secondary N) is 2. The van der Waals surface area contributed by atoms with E-state index < -0.39 is 0 Å². The van der Waals surface area contributed by atoms with Crippen LogP contribution in [-0.4, -0.2) is 53.7 Å². The van der Waals surface area contributed by atoms with Gasteiger partial charge in [0.25, 0.3) is 0 Å². The Morgan fingerprint density at radius 3 is 2.69 bits per heavy atom. The third-order valence-electron chi connectivity index (χ3n) is 7.58. The molecule has 0 radical (unpaired) electrons. The van der Waals surface area contributed by atoms with Crippen molar-refractivity contribution in [3.8, 4) is 22.9 Å².